The topological polar surface area (TPSA) is 58.6 Å². The van der Waals surface area contributed by atoms with Gasteiger partial charge in [0, 0.05) is 11.4 Å². The summed E-state index contributed by atoms with van der Waals surface area (Å²) < 4.78 is 7.55. The Bertz CT molecular complexity index is 1220. The van der Waals surface area contributed by atoms with Crippen LogP contribution < -0.4 is 10.1 Å². The van der Waals surface area contributed by atoms with E-state index in [-0.39, 0.29) is 28.4 Å². The third-order valence-corrected chi connectivity index (χ3v) is 14.2. The van der Waals surface area contributed by atoms with Gasteiger partial charge in [-0.25, -0.2) is 0 Å². The van der Waals surface area contributed by atoms with Crippen LogP contribution in [0.1, 0.15) is 67.8 Å². The van der Waals surface area contributed by atoms with E-state index in [1.54, 1.807) is 10.6 Å². The minimum Gasteiger partial charge on any atom is -0.489 e. The summed E-state index contributed by atoms with van der Waals surface area (Å²) in [5.74, 6) is 0.502. The number of nitrogens with one attached hydrogen (secondary N) is 1. The first-order valence-electron chi connectivity index (χ1n) is 12.7. The highest BCUT2D eigenvalue weighted by molar-refractivity contribution is 6.85. The van der Waals surface area contributed by atoms with Crippen LogP contribution in [0.2, 0.25) is 16.6 Å². The molecule has 1 aliphatic rings. The molecule has 0 aromatic heterocycles. The second-order valence-electron chi connectivity index (χ2n) is 10.5. The summed E-state index contributed by atoms with van der Waals surface area (Å²) in [5.41, 5.74) is 4.57. The largest absolute Gasteiger partial charge is 0.489 e. The normalized spacial score (nSPS) is 13.6. The quantitative estimate of drug-likeness (QED) is 0.241. The van der Waals surface area contributed by atoms with E-state index in [2.05, 4.69) is 46.9 Å². The number of carbonyl (C=O) groups is 2. The molecule has 1 aliphatic heterocycles. The van der Waals surface area contributed by atoms with Crippen LogP contribution in [0.5, 0.6) is 5.75 Å². The molecular weight excluding hydrogens is 464 g/mol. The smallest absolute Gasteiger partial charge is 0.253 e. The Kier molecular flexibility index (Phi) is 7.36. The number of anilines is 2. The third-order valence-electron chi connectivity index (χ3n) is 7.44. The van der Waals surface area contributed by atoms with Gasteiger partial charge >= 0.3 is 0 Å². The molecule has 0 saturated heterocycles. The lowest BCUT2D eigenvalue weighted by Crippen LogP contribution is -2.62. The van der Waals surface area contributed by atoms with Crippen molar-refractivity contribution < 1.29 is 14.3 Å². The molecule has 0 saturated carbocycles. The second kappa shape index (κ2) is 10.3. The van der Waals surface area contributed by atoms with E-state index in [4.69, 9.17) is 4.74 Å². The van der Waals surface area contributed by atoms with Gasteiger partial charge in [0.25, 0.3) is 11.8 Å². The highest BCUT2D eigenvalue weighted by atomic mass is 28.3. The maximum Gasteiger partial charge on any atom is 0.253 e. The van der Waals surface area contributed by atoms with Gasteiger partial charge in [-0.05, 0) is 64.7 Å². The molecule has 0 aliphatic carbocycles. The minimum atomic E-state index is -2.45. The fourth-order valence-electron chi connectivity index (χ4n) is 5.99. The molecule has 0 spiro atoms. The summed E-state index contributed by atoms with van der Waals surface area (Å²) >= 11 is 0. The number of hydrogen-bond donors (Lipinski definition) is 1. The predicted octanol–water partition coefficient (Wildman–Crippen LogP) is 7.78. The van der Waals surface area contributed by atoms with Crippen molar-refractivity contribution in [1.82, 2.24) is 4.57 Å². The molecule has 3 aromatic rings. The molecule has 3 aromatic carbocycles. The van der Waals surface area contributed by atoms with Crippen LogP contribution in [0, 0.1) is 0 Å². The van der Waals surface area contributed by atoms with Crippen LogP contribution in [-0.2, 0) is 6.61 Å². The maximum atomic E-state index is 13.7. The molecule has 5 nitrogen and oxygen atoms in total. The van der Waals surface area contributed by atoms with Gasteiger partial charge in [0.1, 0.15) is 12.4 Å². The SMILES string of the molecule is CC(C)[Si](C(C)C)(C(C)C)N1C(=O)c2ccc(Nc3ccc(OCc4ccccc4)cc3)cc2C1=O. The van der Waals surface area contributed by atoms with Crippen LogP contribution in [0.3, 0.4) is 0 Å². The van der Waals surface area contributed by atoms with Gasteiger partial charge in [0.05, 0.1) is 11.1 Å². The third kappa shape index (κ3) is 4.57. The van der Waals surface area contributed by atoms with E-state index in [0.29, 0.717) is 17.7 Å². The highest BCUT2D eigenvalue weighted by Gasteiger charge is 2.56. The first-order chi connectivity index (χ1) is 17.2. The van der Waals surface area contributed by atoms with Crippen molar-refractivity contribution >= 4 is 31.4 Å². The number of hydrogen-bond acceptors (Lipinski definition) is 4. The highest BCUT2D eigenvalue weighted by Crippen LogP contribution is 2.47. The Hall–Kier alpha value is -3.38. The van der Waals surface area contributed by atoms with Crippen molar-refractivity contribution in [2.45, 2.75) is 64.8 Å². The van der Waals surface area contributed by atoms with E-state index < -0.39 is 8.24 Å². The number of rotatable bonds is 9. The van der Waals surface area contributed by atoms with Crippen LogP contribution in [0.25, 0.3) is 0 Å². The lowest BCUT2D eigenvalue weighted by atomic mass is 10.1. The van der Waals surface area contributed by atoms with Crippen molar-refractivity contribution in [3.05, 3.63) is 89.5 Å². The van der Waals surface area contributed by atoms with Gasteiger partial charge in [-0.1, -0.05) is 71.9 Å². The van der Waals surface area contributed by atoms with Gasteiger partial charge in [0.2, 0.25) is 0 Å². The van der Waals surface area contributed by atoms with Gasteiger partial charge < -0.3 is 14.6 Å². The maximum absolute atomic E-state index is 13.7. The Morgan fingerprint density at radius 2 is 1.28 bits per heavy atom. The fraction of sp³-hybridized carbons (Fsp3) is 0.333. The molecule has 188 valence electrons. The molecule has 4 rings (SSSR count). The van der Waals surface area contributed by atoms with Crippen molar-refractivity contribution in [3.8, 4) is 5.75 Å². The van der Waals surface area contributed by atoms with Crippen LogP contribution in [0.4, 0.5) is 11.4 Å². The summed E-state index contributed by atoms with van der Waals surface area (Å²) in [6.07, 6.45) is 0. The molecular formula is C30H36N2O3Si. The number of carbonyl (C=O) groups excluding carboxylic acids is 2. The minimum absolute atomic E-state index is 0.135. The van der Waals surface area contributed by atoms with E-state index in [1.165, 1.54) is 0 Å². The zero-order chi connectivity index (χ0) is 26.0. The monoisotopic (exact) mass is 500 g/mol. The number of fused-ring (bicyclic) bond motifs is 1. The van der Waals surface area contributed by atoms with Crippen molar-refractivity contribution in [3.63, 3.8) is 0 Å². The summed E-state index contributed by atoms with van der Waals surface area (Å²) in [5, 5.41) is 3.37. The summed E-state index contributed by atoms with van der Waals surface area (Å²) in [6, 6.07) is 23.3. The van der Waals surface area contributed by atoms with Crippen molar-refractivity contribution in [2.75, 3.05) is 5.32 Å². The molecule has 1 heterocycles. The Morgan fingerprint density at radius 1 is 0.722 bits per heavy atom. The molecule has 6 heteroatoms. The lowest BCUT2D eigenvalue weighted by molar-refractivity contribution is 0.0742. The molecule has 0 fully saturated rings. The second-order valence-corrected chi connectivity index (χ2v) is 16.2. The van der Waals surface area contributed by atoms with Gasteiger partial charge in [0.15, 0.2) is 8.24 Å². The van der Waals surface area contributed by atoms with Crippen LogP contribution in [0.15, 0.2) is 72.8 Å². The first-order valence-corrected chi connectivity index (χ1v) is 14.9. The molecule has 36 heavy (non-hydrogen) atoms. The fourth-order valence-corrected chi connectivity index (χ4v) is 12.5. The molecule has 0 unspecified atom stereocenters. The number of benzene rings is 3. The molecule has 1 N–H and O–H groups in total. The lowest BCUT2D eigenvalue weighted by Gasteiger charge is -2.48. The van der Waals surface area contributed by atoms with Gasteiger partial charge in [-0.3, -0.25) is 9.59 Å². The summed E-state index contributed by atoms with van der Waals surface area (Å²) in [6.45, 7) is 13.5. The number of imide groups is 1. The predicted molar refractivity (Wildman–Crippen MR) is 148 cm³/mol. The van der Waals surface area contributed by atoms with Crippen molar-refractivity contribution in [2.24, 2.45) is 0 Å². The number of amides is 2. The van der Waals surface area contributed by atoms with E-state index >= 15 is 0 Å². The number of ether oxygens (including phenoxy) is 1. The molecule has 0 bridgehead atoms. The first kappa shape index (κ1) is 25.7. The Balaban J connectivity index is 1.52. The zero-order valence-corrected chi connectivity index (χ0v) is 23.0. The van der Waals surface area contributed by atoms with Crippen LogP contribution in [-0.4, -0.2) is 24.6 Å². The summed E-state index contributed by atoms with van der Waals surface area (Å²) in [4.78, 5) is 27.2. The Morgan fingerprint density at radius 3 is 1.86 bits per heavy atom. The average molecular weight is 501 g/mol. The van der Waals surface area contributed by atoms with E-state index in [1.807, 2.05) is 66.7 Å². The molecule has 0 atom stereocenters. The van der Waals surface area contributed by atoms with Gasteiger partial charge in [-0.2, -0.15) is 0 Å². The average Bonchev–Trinajstić information content (AvgIpc) is 3.09. The standard InChI is InChI=1S/C30H36N2O3Si/c1-20(2)36(21(3)4,22(5)6)32-29(33)27-17-14-25(18-28(27)30(32)34)31-24-12-15-26(16-13-24)35-19-23-10-8-7-9-11-23/h7-18,20-22,31H,19H2,1-6H3. The number of nitrogens with zero attached hydrogens (tertiary/aromatic N) is 1. The molecule has 2 amide bonds. The van der Waals surface area contributed by atoms with Gasteiger partial charge in [-0.15, -0.1) is 0 Å². The molecule has 0 radical (unpaired) electrons. The van der Waals surface area contributed by atoms with E-state index in [9.17, 15) is 9.59 Å². The summed E-state index contributed by atoms with van der Waals surface area (Å²) in [7, 11) is -2.45. The Labute approximate surface area is 215 Å². The van der Waals surface area contributed by atoms with E-state index in [0.717, 1.165) is 22.7 Å². The van der Waals surface area contributed by atoms with Crippen molar-refractivity contribution in [1.29, 1.82) is 0 Å². The zero-order valence-electron chi connectivity index (χ0n) is 22.0. The van der Waals surface area contributed by atoms with Crippen LogP contribution >= 0.6 is 0 Å².